The second-order valence-corrected chi connectivity index (χ2v) is 4.87. The summed E-state index contributed by atoms with van der Waals surface area (Å²) in [4.78, 5) is 4.12. The molecule has 94 valence electrons. The SMILES string of the molecule is Cc1ccc(C(N)CCc2cccnc2)c(C)c1. The molecule has 0 radical (unpaired) electrons. The average Bonchev–Trinajstić information content (AvgIpc) is 2.37. The van der Waals surface area contributed by atoms with Gasteiger partial charge < -0.3 is 5.73 Å². The molecule has 2 rings (SSSR count). The van der Waals surface area contributed by atoms with E-state index in [4.69, 9.17) is 5.73 Å². The maximum Gasteiger partial charge on any atom is 0.0300 e. The summed E-state index contributed by atoms with van der Waals surface area (Å²) < 4.78 is 0. The van der Waals surface area contributed by atoms with Gasteiger partial charge in [0, 0.05) is 18.4 Å². The Kier molecular flexibility index (Phi) is 4.11. The fourth-order valence-electron chi connectivity index (χ4n) is 2.27. The third-order valence-electron chi connectivity index (χ3n) is 3.29. The highest BCUT2D eigenvalue weighted by Crippen LogP contribution is 2.21. The Hall–Kier alpha value is -1.67. The molecule has 0 fully saturated rings. The first-order valence-corrected chi connectivity index (χ1v) is 6.38. The normalized spacial score (nSPS) is 12.4. The van der Waals surface area contributed by atoms with Crippen LogP contribution in [0.4, 0.5) is 0 Å². The number of nitrogens with two attached hydrogens (primary N) is 1. The van der Waals surface area contributed by atoms with Crippen molar-refractivity contribution >= 4 is 0 Å². The number of hydrogen-bond acceptors (Lipinski definition) is 2. The van der Waals surface area contributed by atoms with Crippen LogP contribution in [-0.2, 0) is 6.42 Å². The minimum atomic E-state index is 0.103. The molecule has 18 heavy (non-hydrogen) atoms. The number of rotatable bonds is 4. The summed E-state index contributed by atoms with van der Waals surface area (Å²) in [6.45, 7) is 4.24. The van der Waals surface area contributed by atoms with Crippen LogP contribution in [0.25, 0.3) is 0 Å². The highest BCUT2D eigenvalue weighted by molar-refractivity contribution is 5.32. The molecule has 0 spiro atoms. The maximum atomic E-state index is 6.27. The van der Waals surface area contributed by atoms with Crippen molar-refractivity contribution in [2.75, 3.05) is 0 Å². The summed E-state index contributed by atoms with van der Waals surface area (Å²) in [5, 5.41) is 0. The van der Waals surface area contributed by atoms with Crippen molar-refractivity contribution in [2.45, 2.75) is 32.7 Å². The van der Waals surface area contributed by atoms with Crippen LogP contribution in [0.15, 0.2) is 42.7 Å². The quantitative estimate of drug-likeness (QED) is 0.890. The van der Waals surface area contributed by atoms with Gasteiger partial charge in [-0.05, 0) is 49.4 Å². The predicted molar refractivity (Wildman–Crippen MR) is 75.4 cm³/mol. The number of aryl methyl sites for hydroxylation is 3. The van der Waals surface area contributed by atoms with Gasteiger partial charge >= 0.3 is 0 Å². The van der Waals surface area contributed by atoms with Crippen LogP contribution in [0, 0.1) is 13.8 Å². The lowest BCUT2D eigenvalue weighted by molar-refractivity contribution is 0.646. The number of benzene rings is 1. The standard InChI is InChI=1S/C16H20N2/c1-12-5-7-15(13(2)10-12)16(17)8-6-14-4-3-9-18-11-14/h3-5,7,9-11,16H,6,8,17H2,1-2H3. The smallest absolute Gasteiger partial charge is 0.0300 e. The van der Waals surface area contributed by atoms with E-state index in [-0.39, 0.29) is 6.04 Å². The second-order valence-electron chi connectivity index (χ2n) is 4.87. The molecule has 2 aromatic rings. The van der Waals surface area contributed by atoms with Crippen LogP contribution in [-0.4, -0.2) is 4.98 Å². The molecule has 0 aliphatic carbocycles. The molecule has 2 N–H and O–H groups in total. The molecule has 1 unspecified atom stereocenters. The van der Waals surface area contributed by atoms with Crippen molar-refractivity contribution < 1.29 is 0 Å². The lowest BCUT2D eigenvalue weighted by Crippen LogP contribution is -2.13. The molecule has 0 aliphatic heterocycles. The molecule has 1 aromatic heterocycles. The average molecular weight is 240 g/mol. The molecule has 1 atom stereocenters. The van der Waals surface area contributed by atoms with Crippen molar-refractivity contribution in [1.82, 2.24) is 4.98 Å². The van der Waals surface area contributed by atoms with Crippen molar-refractivity contribution in [3.63, 3.8) is 0 Å². The summed E-state index contributed by atoms with van der Waals surface area (Å²) in [5.74, 6) is 0. The summed E-state index contributed by atoms with van der Waals surface area (Å²) in [6, 6.07) is 10.6. The van der Waals surface area contributed by atoms with Gasteiger partial charge in [0.05, 0.1) is 0 Å². The Labute approximate surface area is 109 Å². The zero-order valence-corrected chi connectivity index (χ0v) is 11.1. The van der Waals surface area contributed by atoms with E-state index in [0.717, 1.165) is 12.8 Å². The third-order valence-corrected chi connectivity index (χ3v) is 3.29. The molecule has 1 aromatic carbocycles. The van der Waals surface area contributed by atoms with Gasteiger partial charge in [-0.1, -0.05) is 29.8 Å². The summed E-state index contributed by atoms with van der Waals surface area (Å²) in [6.07, 6.45) is 5.64. The highest BCUT2D eigenvalue weighted by Gasteiger charge is 2.09. The highest BCUT2D eigenvalue weighted by atomic mass is 14.6. The minimum absolute atomic E-state index is 0.103. The van der Waals surface area contributed by atoms with Crippen molar-refractivity contribution in [3.05, 3.63) is 65.0 Å². The minimum Gasteiger partial charge on any atom is -0.324 e. The Balaban J connectivity index is 2.01. The Morgan fingerprint density at radius 2 is 2.06 bits per heavy atom. The Bertz CT molecular complexity index is 506. The molecule has 0 aliphatic rings. The van der Waals surface area contributed by atoms with Gasteiger partial charge in [0.2, 0.25) is 0 Å². The largest absolute Gasteiger partial charge is 0.324 e. The topological polar surface area (TPSA) is 38.9 Å². The lowest BCUT2D eigenvalue weighted by Gasteiger charge is -2.15. The Morgan fingerprint density at radius 3 is 2.72 bits per heavy atom. The zero-order valence-electron chi connectivity index (χ0n) is 11.1. The van der Waals surface area contributed by atoms with Crippen molar-refractivity contribution in [2.24, 2.45) is 5.73 Å². The van der Waals surface area contributed by atoms with E-state index in [9.17, 15) is 0 Å². The van der Waals surface area contributed by atoms with E-state index >= 15 is 0 Å². The van der Waals surface area contributed by atoms with Gasteiger partial charge in [0.25, 0.3) is 0 Å². The van der Waals surface area contributed by atoms with Crippen molar-refractivity contribution in [1.29, 1.82) is 0 Å². The molecule has 0 amide bonds. The Morgan fingerprint density at radius 1 is 1.22 bits per heavy atom. The molecular formula is C16H20N2. The van der Waals surface area contributed by atoms with Crippen LogP contribution < -0.4 is 5.73 Å². The molecule has 0 saturated heterocycles. The van der Waals surface area contributed by atoms with Gasteiger partial charge in [0.15, 0.2) is 0 Å². The third kappa shape index (κ3) is 3.17. The molecule has 2 nitrogen and oxygen atoms in total. The van der Waals surface area contributed by atoms with E-state index in [1.165, 1.54) is 22.3 Å². The van der Waals surface area contributed by atoms with Gasteiger partial charge in [-0.3, -0.25) is 4.98 Å². The van der Waals surface area contributed by atoms with Crippen molar-refractivity contribution in [3.8, 4) is 0 Å². The predicted octanol–water partition coefficient (Wildman–Crippen LogP) is 3.33. The fourth-order valence-corrected chi connectivity index (χ4v) is 2.27. The van der Waals surface area contributed by atoms with E-state index in [2.05, 4.69) is 43.1 Å². The van der Waals surface area contributed by atoms with Gasteiger partial charge in [-0.2, -0.15) is 0 Å². The lowest BCUT2D eigenvalue weighted by atomic mass is 9.95. The fraction of sp³-hybridized carbons (Fsp3) is 0.312. The zero-order chi connectivity index (χ0) is 13.0. The van der Waals surface area contributed by atoms with Crippen LogP contribution in [0.3, 0.4) is 0 Å². The molecule has 0 bridgehead atoms. The van der Waals surface area contributed by atoms with Crippen LogP contribution in [0.2, 0.25) is 0 Å². The van der Waals surface area contributed by atoms with E-state index < -0.39 is 0 Å². The monoisotopic (exact) mass is 240 g/mol. The van der Waals surface area contributed by atoms with Gasteiger partial charge in [-0.15, -0.1) is 0 Å². The number of nitrogens with zero attached hydrogens (tertiary/aromatic N) is 1. The van der Waals surface area contributed by atoms with E-state index in [0.29, 0.717) is 0 Å². The second kappa shape index (κ2) is 5.78. The first-order valence-electron chi connectivity index (χ1n) is 6.38. The number of pyridine rings is 1. The number of hydrogen-bond donors (Lipinski definition) is 1. The first kappa shape index (κ1) is 12.8. The number of aromatic nitrogens is 1. The molecule has 1 heterocycles. The first-order chi connectivity index (χ1) is 8.66. The molecule has 0 saturated carbocycles. The summed E-state index contributed by atoms with van der Waals surface area (Å²) in [7, 11) is 0. The van der Waals surface area contributed by atoms with Crippen LogP contribution in [0.5, 0.6) is 0 Å². The maximum absolute atomic E-state index is 6.27. The molecular weight excluding hydrogens is 220 g/mol. The van der Waals surface area contributed by atoms with E-state index in [1.807, 2.05) is 12.3 Å². The summed E-state index contributed by atoms with van der Waals surface area (Å²) >= 11 is 0. The summed E-state index contributed by atoms with van der Waals surface area (Å²) in [5.41, 5.74) is 11.3. The van der Waals surface area contributed by atoms with E-state index in [1.54, 1.807) is 6.20 Å². The van der Waals surface area contributed by atoms with Gasteiger partial charge in [-0.25, -0.2) is 0 Å². The van der Waals surface area contributed by atoms with Crippen LogP contribution in [0.1, 0.15) is 34.7 Å². The van der Waals surface area contributed by atoms with Crippen LogP contribution >= 0.6 is 0 Å². The molecule has 2 heteroatoms. The van der Waals surface area contributed by atoms with Gasteiger partial charge in [0.1, 0.15) is 0 Å².